The van der Waals surface area contributed by atoms with Gasteiger partial charge in [0.25, 0.3) is 5.91 Å². The normalized spacial score (nSPS) is 13.6. The summed E-state index contributed by atoms with van der Waals surface area (Å²) in [5, 5.41) is 5.95. The Labute approximate surface area is 208 Å². The van der Waals surface area contributed by atoms with E-state index in [9.17, 15) is 22.8 Å². The molecule has 3 aromatic carbocycles. The van der Waals surface area contributed by atoms with E-state index in [1.54, 1.807) is 6.20 Å². The van der Waals surface area contributed by atoms with Crippen LogP contribution in [0.1, 0.15) is 26.3 Å². The van der Waals surface area contributed by atoms with Crippen molar-refractivity contribution >= 4 is 34.0 Å². The predicted molar refractivity (Wildman–Crippen MR) is 131 cm³/mol. The first-order valence-electron chi connectivity index (χ1n) is 11.5. The third-order valence-corrected chi connectivity index (χ3v) is 6.15. The van der Waals surface area contributed by atoms with E-state index >= 15 is 4.39 Å². The van der Waals surface area contributed by atoms with Crippen molar-refractivity contribution in [1.82, 2.24) is 10.3 Å². The van der Waals surface area contributed by atoms with Gasteiger partial charge in [-0.15, -0.1) is 0 Å². The lowest BCUT2D eigenvalue weighted by atomic mass is 9.99. The van der Waals surface area contributed by atoms with Crippen molar-refractivity contribution in [2.24, 2.45) is 0 Å². The maximum absolute atomic E-state index is 15.3. The zero-order chi connectivity index (χ0) is 26.1. The van der Waals surface area contributed by atoms with Crippen molar-refractivity contribution in [2.45, 2.75) is 0 Å². The highest BCUT2D eigenvalue weighted by atomic mass is 19.2. The molecule has 0 atom stereocenters. The minimum atomic E-state index is -1.67. The molecule has 1 fully saturated rings. The number of nitrogens with zero attached hydrogens (tertiary/aromatic N) is 2. The first-order chi connectivity index (χ1) is 17.8. The monoisotopic (exact) mass is 508 g/mol. The first-order valence-corrected chi connectivity index (χ1v) is 11.5. The number of piperazine rings is 1. The summed E-state index contributed by atoms with van der Waals surface area (Å²) < 4.78 is 57.5. The molecule has 1 saturated heterocycles. The Morgan fingerprint density at radius 3 is 2.30 bits per heavy atom. The number of pyridine rings is 1. The number of amides is 1. The molecule has 1 amide bonds. The first kappa shape index (κ1) is 24.4. The van der Waals surface area contributed by atoms with E-state index in [0.29, 0.717) is 17.0 Å². The van der Waals surface area contributed by atoms with Crippen LogP contribution in [0.4, 0.5) is 28.9 Å². The summed E-state index contributed by atoms with van der Waals surface area (Å²) in [4.78, 5) is 32.1. The minimum absolute atomic E-state index is 0.0410. The molecular formula is C27H20F4N4O2. The van der Waals surface area contributed by atoms with Gasteiger partial charge in [-0.25, -0.2) is 17.6 Å². The largest absolute Gasteiger partial charge is 0.368 e. The number of hydrogen-bond donors (Lipinski definition) is 2. The number of carbonyl (C=O) groups excluding carboxylic acids is 2. The fraction of sp³-hybridized carbons (Fsp3) is 0.148. The Kier molecular flexibility index (Phi) is 6.58. The number of ketones is 1. The lowest BCUT2D eigenvalue weighted by molar-refractivity contribution is 0.101. The third kappa shape index (κ3) is 4.88. The van der Waals surface area contributed by atoms with Crippen LogP contribution >= 0.6 is 0 Å². The van der Waals surface area contributed by atoms with E-state index in [1.807, 2.05) is 6.07 Å². The second-order valence-corrected chi connectivity index (χ2v) is 8.54. The molecule has 2 heterocycles. The predicted octanol–water partition coefficient (Wildman–Crippen LogP) is 4.68. The van der Waals surface area contributed by atoms with Crippen LogP contribution in [0.25, 0.3) is 10.9 Å². The van der Waals surface area contributed by atoms with Crippen molar-refractivity contribution in [3.8, 4) is 0 Å². The van der Waals surface area contributed by atoms with Gasteiger partial charge in [0, 0.05) is 48.8 Å². The number of carbonyl (C=O) groups is 2. The van der Waals surface area contributed by atoms with Crippen LogP contribution in [0.5, 0.6) is 0 Å². The van der Waals surface area contributed by atoms with Crippen LogP contribution in [-0.4, -0.2) is 42.9 Å². The number of benzene rings is 3. The van der Waals surface area contributed by atoms with Crippen LogP contribution in [0.2, 0.25) is 0 Å². The number of rotatable bonds is 5. The van der Waals surface area contributed by atoms with Crippen LogP contribution in [0.3, 0.4) is 0 Å². The van der Waals surface area contributed by atoms with Crippen LogP contribution < -0.4 is 15.5 Å². The maximum Gasteiger partial charge on any atom is 0.255 e. The molecule has 37 heavy (non-hydrogen) atoms. The summed E-state index contributed by atoms with van der Waals surface area (Å²) in [6, 6.07) is 10.9. The van der Waals surface area contributed by atoms with Crippen LogP contribution in [0, 0.1) is 23.3 Å². The zero-order valence-electron chi connectivity index (χ0n) is 19.3. The fourth-order valence-electron chi connectivity index (χ4n) is 4.19. The van der Waals surface area contributed by atoms with Gasteiger partial charge in [0.05, 0.1) is 28.7 Å². The third-order valence-electron chi connectivity index (χ3n) is 6.15. The van der Waals surface area contributed by atoms with E-state index in [4.69, 9.17) is 0 Å². The lowest BCUT2D eigenvalue weighted by Gasteiger charge is -2.29. The van der Waals surface area contributed by atoms with E-state index in [1.165, 1.54) is 18.2 Å². The molecule has 6 nitrogen and oxygen atoms in total. The van der Waals surface area contributed by atoms with Crippen LogP contribution in [0.15, 0.2) is 60.8 Å². The quantitative estimate of drug-likeness (QED) is 0.233. The molecule has 188 valence electrons. The van der Waals surface area contributed by atoms with Gasteiger partial charge in [0.1, 0.15) is 5.82 Å². The molecule has 0 bridgehead atoms. The highest BCUT2D eigenvalue weighted by Crippen LogP contribution is 2.28. The van der Waals surface area contributed by atoms with E-state index in [0.717, 1.165) is 56.1 Å². The van der Waals surface area contributed by atoms with Gasteiger partial charge in [0.15, 0.2) is 23.2 Å². The van der Waals surface area contributed by atoms with Gasteiger partial charge < -0.3 is 15.5 Å². The standard InChI is InChI=1S/C27H20F4N4O2/c28-18-4-1-15(2-5-18)27(37)34-22-13-20(29)24(30)23(25(22)31)26(36)16-3-6-21-17(11-16)12-19(14-33-21)35-9-7-32-8-10-35/h1-6,11-14,32H,7-10H2,(H,34,37). The van der Waals surface area contributed by atoms with E-state index in [2.05, 4.69) is 20.5 Å². The molecule has 0 unspecified atom stereocenters. The molecule has 1 aromatic heterocycles. The number of hydrogen-bond acceptors (Lipinski definition) is 5. The van der Waals surface area contributed by atoms with Gasteiger partial charge in [-0.2, -0.15) is 0 Å². The SMILES string of the molecule is O=C(Nc1cc(F)c(F)c(C(=O)c2ccc3ncc(N4CCNCC4)cc3c2)c1F)c1ccc(F)cc1. The average Bonchev–Trinajstić information content (AvgIpc) is 2.92. The Morgan fingerprint density at radius 1 is 0.865 bits per heavy atom. The highest BCUT2D eigenvalue weighted by molar-refractivity contribution is 6.12. The van der Waals surface area contributed by atoms with Crippen molar-refractivity contribution in [3.63, 3.8) is 0 Å². The number of fused-ring (bicyclic) bond motifs is 1. The summed E-state index contributed by atoms with van der Waals surface area (Å²) in [7, 11) is 0. The Balaban J connectivity index is 1.48. The lowest BCUT2D eigenvalue weighted by Crippen LogP contribution is -2.43. The van der Waals surface area contributed by atoms with Crippen LogP contribution in [-0.2, 0) is 0 Å². The Morgan fingerprint density at radius 2 is 1.57 bits per heavy atom. The molecule has 10 heteroatoms. The van der Waals surface area contributed by atoms with Gasteiger partial charge in [-0.05, 0) is 48.5 Å². The maximum atomic E-state index is 15.3. The average molecular weight is 508 g/mol. The molecule has 5 rings (SSSR count). The number of nitrogens with one attached hydrogen (secondary N) is 2. The van der Waals surface area contributed by atoms with Crippen molar-refractivity contribution in [1.29, 1.82) is 0 Å². The smallest absolute Gasteiger partial charge is 0.255 e. The van der Waals surface area contributed by atoms with Gasteiger partial charge in [-0.3, -0.25) is 14.6 Å². The van der Waals surface area contributed by atoms with Crippen molar-refractivity contribution in [3.05, 3.63) is 101 Å². The van der Waals surface area contributed by atoms with Crippen molar-refractivity contribution < 1.29 is 27.2 Å². The minimum Gasteiger partial charge on any atom is -0.368 e. The fourth-order valence-corrected chi connectivity index (χ4v) is 4.19. The number of anilines is 2. The summed E-state index contributed by atoms with van der Waals surface area (Å²) in [6.45, 7) is 3.18. The molecule has 0 radical (unpaired) electrons. The summed E-state index contributed by atoms with van der Waals surface area (Å²) in [5.41, 5.74) is -0.568. The Bertz CT molecular complexity index is 1520. The van der Waals surface area contributed by atoms with Gasteiger partial charge in [0.2, 0.25) is 0 Å². The number of halogens is 4. The molecule has 1 aliphatic heterocycles. The molecule has 2 N–H and O–H groups in total. The second kappa shape index (κ2) is 9.98. The molecule has 1 aliphatic rings. The summed E-state index contributed by atoms with van der Waals surface area (Å²) in [6.07, 6.45) is 1.72. The molecule has 0 saturated carbocycles. The second-order valence-electron chi connectivity index (χ2n) is 8.54. The Hall–Kier alpha value is -4.31. The van der Waals surface area contributed by atoms with Gasteiger partial charge >= 0.3 is 0 Å². The topological polar surface area (TPSA) is 74.3 Å². The summed E-state index contributed by atoms with van der Waals surface area (Å²) in [5.74, 6) is -7.18. The van der Waals surface area contributed by atoms with E-state index < -0.39 is 46.2 Å². The zero-order valence-corrected chi connectivity index (χ0v) is 19.3. The summed E-state index contributed by atoms with van der Waals surface area (Å²) >= 11 is 0. The number of aromatic nitrogens is 1. The van der Waals surface area contributed by atoms with E-state index in [-0.39, 0.29) is 11.1 Å². The molecule has 0 aliphatic carbocycles. The molecule has 4 aromatic rings. The molecule has 0 spiro atoms. The van der Waals surface area contributed by atoms with Gasteiger partial charge in [-0.1, -0.05) is 0 Å². The van der Waals surface area contributed by atoms with Crippen molar-refractivity contribution in [2.75, 3.05) is 36.4 Å². The highest BCUT2D eigenvalue weighted by Gasteiger charge is 2.27. The molecular weight excluding hydrogens is 488 g/mol.